The van der Waals surface area contributed by atoms with E-state index in [2.05, 4.69) is 16.6 Å². The van der Waals surface area contributed by atoms with Gasteiger partial charge in [0.1, 0.15) is 11.6 Å². The molecule has 0 fully saturated rings. The van der Waals surface area contributed by atoms with Gasteiger partial charge in [-0.25, -0.2) is 4.39 Å². The van der Waals surface area contributed by atoms with Crippen molar-refractivity contribution < 1.29 is 9.13 Å². The van der Waals surface area contributed by atoms with Crippen molar-refractivity contribution in [2.45, 2.75) is 32.7 Å². The van der Waals surface area contributed by atoms with E-state index in [1.165, 1.54) is 25.0 Å². The number of nitrogens with one attached hydrogen (secondary N) is 2. The average molecular weight is 326 g/mol. The van der Waals surface area contributed by atoms with E-state index in [9.17, 15) is 4.39 Å². The molecule has 3 nitrogen and oxygen atoms in total. The topological polar surface area (TPSA) is 33.3 Å². The predicted octanol–water partition coefficient (Wildman–Crippen LogP) is 3.87. The lowest BCUT2D eigenvalue weighted by Gasteiger charge is -2.08. The number of hydrogen-bond donors (Lipinski definition) is 2. The van der Waals surface area contributed by atoms with E-state index in [0.717, 1.165) is 43.1 Å². The Hall–Kier alpha value is -1.04. The Balaban J connectivity index is 1.85. The molecule has 0 aliphatic rings. The van der Waals surface area contributed by atoms with Gasteiger partial charge in [0.15, 0.2) is 0 Å². The van der Waals surface area contributed by atoms with Crippen LogP contribution in [0.3, 0.4) is 0 Å². The van der Waals surface area contributed by atoms with Crippen molar-refractivity contribution in [3.8, 4) is 0 Å². The van der Waals surface area contributed by atoms with Gasteiger partial charge in [0.25, 0.3) is 0 Å². The van der Waals surface area contributed by atoms with Crippen LogP contribution in [-0.2, 0) is 11.3 Å². The summed E-state index contributed by atoms with van der Waals surface area (Å²) in [5.74, 6) is 1.71. The lowest BCUT2D eigenvalue weighted by Crippen LogP contribution is -2.19. The van der Waals surface area contributed by atoms with Crippen LogP contribution in [-0.4, -0.2) is 25.4 Å². The van der Waals surface area contributed by atoms with Crippen molar-refractivity contribution in [1.82, 2.24) is 10.0 Å². The summed E-state index contributed by atoms with van der Waals surface area (Å²) < 4.78 is 21.3. The normalized spacial score (nSPS) is 10.6. The first-order valence-corrected chi connectivity index (χ1v) is 8.81. The van der Waals surface area contributed by atoms with Crippen molar-refractivity contribution in [2.75, 3.05) is 25.4 Å². The van der Waals surface area contributed by atoms with Crippen LogP contribution >= 0.6 is 11.9 Å². The highest BCUT2D eigenvalue weighted by Gasteiger charge is 1.96. The lowest BCUT2D eigenvalue weighted by atomic mass is 10.2. The number of halogens is 1. The molecule has 0 heterocycles. The van der Waals surface area contributed by atoms with Gasteiger partial charge in [-0.1, -0.05) is 37.1 Å². The highest BCUT2D eigenvalue weighted by molar-refractivity contribution is 7.97. The van der Waals surface area contributed by atoms with Crippen LogP contribution in [0.25, 0.3) is 0 Å². The Labute approximate surface area is 137 Å². The molecular formula is C17H27FN2OS. The fourth-order valence-corrected chi connectivity index (χ4v) is 2.65. The summed E-state index contributed by atoms with van der Waals surface area (Å²) in [4.78, 5) is 0. The molecule has 1 aromatic carbocycles. The summed E-state index contributed by atoms with van der Waals surface area (Å²) in [5.41, 5.74) is 1.10. The Bertz CT molecular complexity index is 412. The highest BCUT2D eigenvalue weighted by atomic mass is 32.2. The molecule has 0 spiro atoms. The Morgan fingerprint density at radius 3 is 2.73 bits per heavy atom. The minimum Gasteiger partial charge on any atom is -0.497 e. The molecule has 0 atom stereocenters. The molecule has 0 bridgehead atoms. The first-order chi connectivity index (χ1) is 10.7. The van der Waals surface area contributed by atoms with Gasteiger partial charge in [-0.2, -0.15) is 0 Å². The van der Waals surface area contributed by atoms with Gasteiger partial charge >= 0.3 is 0 Å². The predicted molar refractivity (Wildman–Crippen MR) is 93.2 cm³/mol. The zero-order chi connectivity index (χ0) is 16.0. The van der Waals surface area contributed by atoms with Crippen LogP contribution in [0, 0.1) is 5.82 Å². The fraction of sp³-hybridized carbons (Fsp3) is 0.529. The van der Waals surface area contributed by atoms with Crippen molar-refractivity contribution >= 4 is 11.9 Å². The highest BCUT2D eigenvalue weighted by Crippen LogP contribution is 2.06. The second-order valence-electron chi connectivity index (χ2n) is 5.01. The zero-order valence-corrected chi connectivity index (χ0v) is 14.2. The molecule has 0 saturated heterocycles. The molecule has 1 aromatic rings. The van der Waals surface area contributed by atoms with Gasteiger partial charge < -0.3 is 10.1 Å². The SMILES string of the molecule is C=C(CNCCCCCSNCc1ccc(F)cc1)OCC. The van der Waals surface area contributed by atoms with Crippen LogP contribution in [0.5, 0.6) is 0 Å². The Morgan fingerprint density at radius 2 is 2.00 bits per heavy atom. The van der Waals surface area contributed by atoms with Gasteiger partial charge in [-0.05, 0) is 44.0 Å². The summed E-state index contributed by atoms with van der Waals surface area (Å²) in [6.07, 6.45) is 3.56. The molecule has 0 aliphatic carbocycles. The van der Waals surface area contributed by atoms with E-state index in [0.29, 0.717) is 6.61 Å². The fourth-order valence-electron chi connectivity index (χ4n) is 1.89. The first kappa shape index (κ1) is 19.0. The maximum atomic E-state index is 12.7. The van der Waals surface area contributed by atoms with Crippen molar-refractivity contribution in [1.29, 1.82) is 0 Å². The zero-order valence-electron chi connectivity index (χ0n) is 13.4. The molecule has 22 heavy (non-hydrogen) atoms. The summed E-state index contributed by atoms with van der Waals surface area (Å²) >= 11 is 1.73. The summed E-state index contributed by atoms with van der Waals surface area (Å²) in [6, 6.07) is 6.61. The molecule has 0 radical (unpaired) electrons. The molecule has 2 N–H and O–H groups in total. The van der Waals surface area contributed by atoms with Gasteiger partial charge in [-0.3, -0.25) is 4.72 Å². The van der Waals surface area contributed by atoms with E-state index in [1.54, 1.807) is 11.9 Å². The van der Waals surface area contributed by atoms with E-state index in [-0.39, 0.29) is 5.82 Å². The molecule has 0 saturated carbocycles. The smallest absolute Gasteiger partial charge is 0.123 e. The minimum absolute atomic E-state index is 0.185. The number of unbranched alkanes of at least 4 members (excludes halogenated alkanes) is 2. The Morgan fingerprint density at radius 1 is 1.23 bits per heavy atom. The van der Waals surface area contributed by atoms with Crippen molar-refractivity contribution in [3.05, 3.63) is 48.0 Å². The van der Waals surface area contributed by atoms with Crippen LogP contribution in [0.2, 0.25) is 0 Å². The van der Waals surface area contributed by atoms with E-state index in [1.807, 2.05) is 19.1 Å². The third-order valence-corrected chi connectivity index (χ3v) is 3.90. The van der Waals surface area contributed by atoms with Gasteiger partial charge in [0.2, 0.25) is 0 Å². The number of benzene rings is 1. The largest absolute Gasteiger partial charge is 0.497 e. The molecule has 0 aliphatic heterocycles. The van der Waals surface area contributed by atoms with E-state index >= 15 is 0 Å². The second kappa shape index (κ2) is 12.5. The maximum Gasteiger partial charge on any atom is 0.123 e. The summed E-state index contributed by atoms with van der Waals surface area (Å²) in [7, 11) is 0. The molecule has 0 aromatic heterocycles. The minimum atomic E-state index is -0.185. The van der Waals surface area contributed by atoms with Gasteiger partial charge in [0.05, 0.1) is 13.2 Å². The van der Waals surface area contributed by atoms with Crippen molar-refractivity contribution in [2.24, 2.45) is 0 Å². The van der Waals surface area contributed by atoms with Gasteiger partial charge in [0, 0.05) is 12.3 Å². The van der Waals surface area contributed by atoms with Crippen LogP contribution in [0.15, 0.2) is 36.6 Å². The number of hydrogen-bond acceptors (Lipinski definition) is 4. The Kier molecular flexibility index (Phi) is 10.8. The first-order valence-electron chi connectivity index (χ1n) is 7.82. The maximum absolute atomic E-state index is 12.7. The molecule has 1 rings (SSSR count). The summed E-state index contributed by atoms with van der Waals surface area (Å²) in [6.45, 7) is 8.98. The lowest BCUT2D eigenvalue weighted by molar-refractivity contribution is 0.222. The molecule has 0 unspecified atom stereocenters. The van der Waals surface area contributed by atoms with Crippen LogP contribution in [0.4, 0.5) is 4.39 Å². The third kappa shape index (κ3) is 9.82. The third-order valence-electron chi connectivity index (χ3n) is 3.06. The monoisotopic (exact) mass is 326 g/mol. The molecule has 5 heteroatoms. The molecule has 0 amide bonds. The number of rotatable bonds is 13. The van der Waals surface area contributed by atoms with E-state index in [4.69, 9.17) is 4.74 Å². The summed E-state index contributed by atoms with van der Waals surface area (Å²) in [5, 5.41) is 3.32. The van der Waals surface area contributed by atoms with Crippen molar-refractivity contribution in [3.63, 3.8) is 0 Å². The quantitative estimate of drug-likeness (QED) is 0.327. The second-order valence-corrected chi connectivity index (χ2v) is 5.99. The van der Waals surface area contributed by atoms with E-state index < -0.39 is 0 Å². The van der Waals surface area contributed by atoms with Crippen LogP contribution < -0.4 is 10.0 Å². The van der Waals surface area contributed by atoms with Gasteiger partial charge in [-0.15, -0.1) is 0 Å². The number of ether oxygens (including phenoxy) is 1. The van der Waals surface area contributed by atoms with Crippen LogP contribution in [0.1, 0.15) is 31.7 Å². The average Bonchev–Trinajstić information content (AvgIpc) is 2.51. The standard InChI is InChI=1S/C17H27FN2OS/c1-3-21-15(2)13-19-11-5-4-6-12-22-20-14-16-7-9-17(18)10-8-16/h7-10,19-20H,2-6,11-14H2,1H3. The molecular weight excluding hydrogens is 299 g/mol. The molecule has 124 valence electrons.